The largest absolute Gasteiger partial charge is 0.207 e. The molecule has 0 aromatic heterocycles. The molecule has 18 heavy (non-hydrogen) atoms. The number of hydrogen-bond acceptors (Lipinski definition) is 0. The molecular weight excluding hydrogens is 294 g/mol. The van der Waals surface area contributed by atoms with Gasteiger partial charge in [0.25, 0.3) is 0 Å². The van der Waals surface area contributed by atoms with Crippen LogP contribution in [0.25, 0.3) is 11.1 Å². The van der Waals surface area contributed by atoms with E-state index in [2.05, 4.69) is 0 Å². The molecule has 0 unspecified atom stereocenters. The van der Waals surface area contributed by atoms with Gasteiger partial charge in [-0.25, -0.2) is 4.39 Å². The van der Waals surface area contributed by atoms with Crippen LogP contribution in [0.2, 0.25) is 15.1 Å². The molecule has 0 radical (unpaired) electrons. The third-order valence-corrected chi connectivity index (χ3v) is 3.74. The van der Waals surface area contributed by atoms with Crippen molar-refractivity contribution in [2.75, 3.05) is 0 Å². The summed E-state index contributed by atoms with van der Waals surface area (Å²) in [5.74, 6) is -0.370. The predicted octanol–water partition coefficient (Wildman–Crippen LogP) is 6.07. The van der Waals surface area contributed by atoms with Crippen LogP contribution in [-0.2, 0) is 0 Å². The van der Waals surface area contributed by atoms with Crippen LogP contribution >= 0.6 is 34.8 Å². The van der Waals surface area contributed by atoms with E-state index in [1.165, 1.54) is 6.07 Å². The van der Waals surface area contributed by atoms with Gasteiger partial charge in [-0.2, -0.15) is 0 Å². The van der Waals surface area contributed by atoms with Crippen molar-refractivity contribution in [3.8, 4) is 11.1 Å². The van der Waals surface area contributed by atoms with Gasteiger partial charge in [0, 0.05) is 16.1 Å². The normalized spacial score (nSPS) is 10.8. The number of halogens is 4. The number of benzene rings is 2. The third kappa shape index (κ3) is 2.49. The summed E-state index contributed by atoms with van der Waals surface area (Å²) in [6.07, 6.45) is 0. The molecular formula is C14H10Cl3F. The highest BCUT2D eigenvalue weighted by molar-refractivity contribution is 6.39. The van der Waals surface area contributed by atoms with E-state index in [4.69, 9.17) is 34.8 Å². The molecule has 4 heteroatoms. The Morgan fingerprint density at radius 1 is 0.833 bits per heavy atom. The first kappa shape index (κ1) is 13.7. The van der Waals surface area contributed by atoms with Crippen molar-refractivity contribution < 1.29 is 4.39 Å². The number of rotatable bonds is 1. The first-order chi connectivity index (χ1) is 8.40. The van der Waals surface area contributed by atoms with Gasteiger partial charge in [-0.3, -0.25) is 0 Å². The highest BCUT2D eigenvalue weighted by atomic mass is 35.5. The fourth-order valence-electron chi connectivity index (χ4n) is 1.77. The molecule has 0 aliphatic rings. The molecule has 0 nitrogen and oxygen atoms in total. The van der Waals surface area contributed by atoms with Crippen molar-refractivity contribution >= 4 is 34.8 Å². The molecule has 0 bridgehead atoms. The maximum atomic E-state index is 13.7. The van der Waals surface area contributed by atoms with E-state index in [0.29, 0.717) is 31.8 Å². The monoisotopic (exact) mass is 302 g/mol. The summed E-state index contributed by atoms with van der Waals surface area (Å²) in [5, 5.41) is 1.33. The Morgan fingerprint density at radius 2 is 1.39 bits per heavy atom. The predicted molar refractivity (Wildman–Crippen MR) is 76.3 cm³/mol. The first-order valence-electron chi connectivity index (χ1n) is 5.32. The minimum atomic E-state index is -0.370. The molecule has 0 spiro atoms. The van der Waals surface area contributed by atoms with Gasteiger partial charge in [-0.05, 0) is 49.2 Å². The topological polar surface area (TPSA) is 0 Å². The lowest BCUT2D eigenvalue weighted by molar-refractivity contribution is 0.619. The Bertz CT molecular complexity index is 574. The smallest absolute Gasteiger partial charge is 0.128 e. The van der Waals surface area contributed by atoms with Gasteiger partial charge in [0.2, 0.25) is 0 Å². The molecule has 0 heterocycles. The van der Waals surface area contributed by atoms with Crippen molar-refractivity contribution in [3.63, 3.8) is 0 Å². The van der Waals surface area contributed by atoms with E-state index in [1.54, 1.807) is 25.1 Å². The van der Waals surface area contributed by atoms with E-state index in [1.807, 2.05) is 6.92 Å². The van der Waals surface area contributed by atoms with Crippen LogP contribution in [0.15, 0.2) is 24.3 Å². The second-order valence-corrected chi connectivity index (χ2v) is 5.39. The second kappa shape index (κ2) is 5.08. The highest BCUT2D eigenvalue weighted by Crippen LogP contribution is 2.37. The second-order valence-electron chi connectivity index (χ2n) is 4.17. The molecule has 0 fully saturated rings. The van der Waals surface area contributed by atoms with Gasteiger partial charge >= 0.3 is 0 Å². The molecule has 0 atom stereocenters. The average Bonchev–Trinajstić information content (AvgIpc) is 2.24. The van der Waals surface area contributed by atoms with Crippen LogP contribution < -0.4 is 0 Å². The molecule has 0 saturated heterocycles. The minimum Gasteiger partial charge on any atom is -0.207 e. The molecule has 2 aromatic rings. The lowest BCUT2D eigenvalue weighted by Crippen LogP contribution is -1.89. The summed E-state index contributed by atoms with van der Waals surface area (Å²) in [6, 6.07) is 6.63. The van der Waals surface area contributed by atoms with Crippen LogP contribution in [0.4, 0.5) is 4.39 Å². The maximum absolute atomic E-state index is 13.7. The van der Waals surface area contributed by atoms with Crippen LogP contribution in [0.3, 0.4) is 0 Å². The Hall–Kier alpha value is -0.760. The summed E-state index contributed by atoms with van der Waals surface area (Å²) in [7, 11) is 0. The first-order valence-corrected chi connectivity index (χ1v) is 6.45. The Balaban J connectivity index is 2.70. The van der Waals surface area contributed by atoms with Gasteiger partial charge in [-0.15, -0.1) is 0 Å². The minimum absolute atomic E-state index is 0.359. The van der Waals surface area contributed by atoms with E-state index in [-0.39, 0.29) is 5.82 Å². The van der Waals surface area contributed by atoms with Gasteiger partial charge in [0.05, 0.1) is 10.0 Å². The van der Waals surface area contributed by atoms with E-state index >= 15 is 0 Å². The zero-order valence-corrected chi connectivity index (χ0v) is 12.1. The molecule has 94 valence electrons. The molecule has 2 aromatic carbocycles. The van der Waals surface area contributed by atoms with E-state index in [0.717, 1.165) is 5.56 Å². The van der Waals surface area contributed by atoms with Crippen molar-refractivity contribution in [3.05, 3.63) is 56.3 Å². The Kier molecular flexibility index (Phi) is 3.86. The van der Waals surface area contributed by atoms with Crippen LogP contribution in [0.1, 0.15) is 11.1 Å². The molecule has 0 amide bonds. The number of aryl methyl sites for hydroxylation is 1. The van der Waals surface area contributed by atoms with Gasteiger partial charge < -0.3 is 0 Å². The zero-order chi connectivity index (χ0) is 13.4. The summed E-state index contributed by atoms with van der Waals surface area (Å²) in [4.78, 5) is 0. The van der Waals surface area contributed by atoms with Crippen LogP contribution in [0, 0.1) is 19.7 Å². The van der Waals surface area contributed by atoms with Crippen LogP contribution in [0.5, 0.6) is 0 Å². The van der Waals surface area contributed by atoms with Crippen molar-refractivity contribution in [1.82, 2.24) is 0 Å². The molecule has 0 aliphatic carbocycles. The maximum Gasteiger partial charge on any atom is 0.128 e. The molecule has 0 saturated carbocycles. The summed E-state index contributed by atoms with van der Waals surface area (Å²) < 4.78 is 13.7. The highest BCUT2D eigenvalue weighted by Gasteiger charge is 2.13. The molecule has 0 aliphatic heterocycles. The van der Waals surface area contributed by atoms with Crippen molar-refractivity contribution in [2.24, 2.45) is 0 Å². The Morgan fingerprint density at radius 3 is 1.89 bits per heavy atom. The fraction of sp³-hybridized carbons (Fsp3) is 0.143. The fourth-order valence-corrected chi connectivity index (χ4v) is 2.79. The van der Waals surface area contributed by atoms with Crippen molar-refractivity contribution in [1.29, 1.82) is 0 Å². The molecule has 0 N–H and O–H groups in total. The molecule has 2 rings (SSSR count). The van der Waals surface area contributed by atoms with E-state index < -0.39 is 0 Å². The standard InChI is InChI=1S/C14H10Cl3F/c1-7-3-11(16)14(12(17)4-7)9-5-10(15)8(2)13(18)6-9/h3-6H,1-2H3. The quantitative estimate of drug-likeness (QED) is 0.600. The third-order valence-electron chi connectivity index (χ3n) is 2.76. The van der Waals surface area contributed by atoms with Gasteiger partial charge in [0.1, 0.15) is 5.82 Å². The lowest BCUT2D eigenvalue weighted by Gasteiger charge is -2.10. The summed E-state index contributed by atoms with van der Waals surface area (Å²) >= 11 is 18.3. The van der Waals surface area contributed by atoms with Gasteiger partial charge in [0.15, 0.2) is 0 Å². The zero-order valence-electron chi connectivity index (χ0n) is 9.82. The van der Waals surface area contributed by atoms with Crippen molar-refractivity contribution in [2.45, 2.75) is 13.8 Å². The number of hydrogen-bond donors (Lipinski definition) is 0. The van der Waals surface area contributed by atoms with E-state index in [9.17, 15) is 4.39 Å². The summed E-state index contributed by atoms with van der Waals surface area (Å²) in [6.45, 7) is 3.52. The average molecular weight is 304 g/mol. The Labute approximate surface area is 120 Å². The lowest BCUT2D eigenvalue weighted by atomic mass is 10.0. The van der Waals surface area contributed by atoms with Crippen LogP contribution in [-0.4, -0.2) is 0 Å². The van der Waals surface area contributed by atoms with Gasteiger partial charge in [-0.1, -0.05) is 34.8 Å². The summed E-state index contributed by atoms with van der Waals surface area (Å²) in [5.41, 5.74) is 2.55. The SMILES string of the molecule is Cc1cc(Cl)c(-c2cc(F)c(C)c(Cl)c2)c(Cl)c1.